The molecule has 0 fully saturated rings. The van der Waals surface area contributed by atoms with Gasteiger partial charge in [-0.05, 0) is 30.7 Å². The highest BCUT2D eigenvalue weighted by molar-refractivity contribution is 5.79. The molecular formula is C16H19N3O3. The molecule has 0 saturated carbocycles. The molecule has 6 heteroatoms. The normalized spacial score (nSPS) is 13.2. The highest BCUT2D eigenvalue weighted by Crippen LogP contribution is 2.32. The third kappa shape index (κ3) is 3.52. The third-order valence-corrected chi connectivity index (χ3v) is 3.24. The van der Waals surface area contributed by atoms with Crippen LogP contribution in [0.4, 0.5) is 0 Å². The summed E-state index contributed by atoms with van der Waals surface area (Å²) >= 11 is 0. The summed E-state index contributed by atoms with van der Waals surface area (Å²) < 4.78 is 15.7. The van der Waals surface area contributed by atoms with Crippen molar-refractivity contribution in [1.82, 2.24) is 10.6 Å². The van der Waals surface area contributed by atoms with Crippen molar-refractivity contribution in [2.45, 2.75) is 20.0 Å². The van der Waals surface area contributed by atoms with Crippen molar-refractivity contribution in [3.05, 3.63) is 47.9 Å². The zero-order chi connectivity index (χ0) is 15.2. The maximum Gasteiger partial charge on any atom is 0.231 e. The Labute approximate surface area is 129 Å². The molecule has 1 aromatic heterocycles. The van der Waals surface area contributed by atoms with Gasteiger partial charge in [-0.3, -0.25) is 0 Å². The summed E-state index contributed by atoms with van der Waals surface area (Å²) in [6.45, 7) is 4.37. The predicted molar refractivity (Wildman–Crippen MR) is 82.9 cm³/mol. The number of benzene rings is 1. The minimum Gasteiger partial charge on any atom is -0.472 e. The number of fused-ring (bicyclic) bond motifs is 1. The van der Waals surface area contributed by atoms with E-state index < -0.39 is 0 Å². The number of guanidine groups is 1. The summed E-state index contributed by atoms with van der Waals surface area (Å²) in [5.74, 6) is 2.35. The second-order valence-electron chi connectivity index (χ2n) is 4.87. The van der Waals surface area contributed by atoms with E-state index in [0.29, 0.717) is 19.9 Å². The van der Waals surface area contributed by atoms with Gasteiger partial charge in [0.15, 0.2) is 17.5 Å². The van der Waals surface area contributed by atoms with Crippen molar-refractivity contribution in [3.8, 4) is 11.5 Å². The van der Waals surface area contributed by atoms with Gasteiger partial charge in [0, 0.05) is 18.7 Å². The highest BCUT2D eigenvalue weighted by atomic mass is 16.7. The Balaban J connectivity index is 1.60. The summed E-state index contributed by atoms with van der Waals surface area (Å²) in [4.78, 5) is 4.52. The lowest BCUT2D eigenvalue weighted by Crippen LogP contribution is -2.36. The topological polar surface area (TPSA) is 68.0 Å². The fourth-order valence-electron chi connectivity index (χ4n) is 2.13. The number of nitrogens with zero attached hydrogens (tertiary/aromatic N) is 1. The Morgan fingerprint density at radius 3 is 2.86 bits per heavy atom. The molecule has 1 aliphatic heterocycles. The summed E-state index contributed by atoms with van der Waals surface area (Å²) in [5, 5.41) is 6.52. The lowest BCUT2D eigenvalue weighted by molar-refractivity contribution is 0.174. The number of furan rings is 1. The van der Waals surface area contributed by atoms with Crippen LogP contribution in [-0.4, -0.2) is 19.3 Å². The van der Waals surface area contributed by atoms with Crippen molar-refractivity contribution in [1.29, 1.82) is 0 Å². The first-order valence-corrected chi connectivity index (χ1v) is 7.27. The summed E-state index contributed by atoms with van der Waals surface area (Å²) in [6.07, 6.45) is 3.35. The number of hydrogen-bond acceptors (Lipinski definition) is 4. The van der Waals surface area contributed by atoms with E-state index in [1.54, 1.807) is 12.5 Å². The molecule has 116 valence electrons. The molecule has 0 atom stereocenters. The van der Waals surface area contributed by atoms with Crippen LogP contribution in [0.5, 0.6) is 11.5 Å². The molecular weight excluding hydrogens is 282 g/mol. The van der Waals surface area contributed by atoms with Crippen molar-refractivity contribution in [2.24, 2.45) is 4.99 Å². The van der Waals surface area contributed by atoms with Crippen LogP contribution in [0.15, 0.2) is 46.2 Å². The van der Waals surface area contributed by atoms with Gasteiger partial charge in [0.05, 0.1) is 19.1 Å². The van der Waals surface area contributed by atoms with Crippen LogP contribution in [-0.2, 0) is 13.1 Å². The first-order valence-electron chi connectivity index (χ1n) is 7.27. The van der Waals surface area contributed by atoms with E-state index in [4.69, 9.17) is 13.9 Å². The van der Waals surface area contributed by atoms with Gasteiger partial charge in [-0.1, -0.05) is 6.07 Å². The molecule has 22 heavy (non-hydrogen) atoms. The molecule has 0 saturated heterocycles. The summed E-state index contributed by atoms with van der Waals surface area (Å²) in [7, 11) is 0. The number of rotatable bonds is 5. The van der Waals surface area contributed by atoms with Crippen molar-refractivity contribution in [3.63, 3.8) is 0 Å². The zero-order valence-electron chi connectivity index (χ0n) is 12.5. The molecule has 0 amide bonds. The van der Waals surface area contributed by atoms with Gasteiger partial charge in [-0.2, -0.15) is 0 Å². The highest BCUT2D eigenvalue weighted by Gasteiger charge is 2.13. The van der Waals surface area contributed by atoms with Gasteiger partial charge < -0.3 is 24.5 Å². The quantitative estimate of drug-likeness (QED) is 0.655. The van der Waals surface area contributed by atoms with Crippen LogP contribution in [0.25, 0.3) is 0 Å². The second-order valence-corrected chi connectivity index (χ2v) is 4.87. The van der Waals surface area contributed by atoms with Crippen molar-refractivity contribution < 1.29 is 13.9 Å². The number of aliphatic imine (C=N–C) groups is 1. The van der Waals surface area contributed by atoms with E-state index in [1.165, 1.54) is 0 Å². The Morgan fingerprint density at radius 1 is 1.14 bits per heavy atom. The molecule has 6 nitrogen and oxygen atoms in total. The van der Waals surface area contributed by atoms with Gasteiger partial charge in [-0.15, -0.1) is 0 Å². The SMILES string of the molecule is CCNC(=NCc1ccoc1)NCc1ccc2c(c1)OCO2. The molecule has 0 unspecified atom stereocenters. The Morgan fingerprint density at radius 2 is 2.05 bits per heavy atom. The first kappa shape index (κ1) is 14.3. The molecule has 0 radical (unpaired) electrons. The van der Waals surface area contributed by atoms with Crippen molar-refractivity contribution in [2.75, 3.05) is 13.3 Å². The lowest BCUT2D eigenvalue weighted by Gasteiger charge is -2.11. The van der Waals surface area contributed by atoms with Crippen LogP contribution in [0.3, 0.4) is 0 Å². The molecule has 2 heterocycles. The maximum atomic E-state index is 5.38. The Kier molecular flexibility index (Phi) is 4.48. The molecule has 1 aliphatic rings. The fraction of sp³-hybridized carbons (Fsp3) is 0.312. The fourth-order valence-corrected chi connectivity index (χ4v) is 2.13. The van der Waals surface area contributed by atoms with Crippen LogP contribution >= 0.6 is 0 Å². The average molecular weight is 301 g/mol. The van der Waals surface area contributed by atoms with Crippen LogP contribution in [0, 0.1) is 0 Å². The van der Waals surface area contributed by atoms with E-state index in [-0.39, 0.29) is 0 Å². The van der Waals surface area contributed by atoms with Crippen LogP contribution in [0.1, 0.15) is 18.1 Å². The van der Waals surface area contributed by atoms with E-state index in [9.17, 15) is 0 Å². The zero-order valence-corrected chi connectivity index (χ0v) is 12.5. The molecule has 0 spiro atoms. The summed E-state index contributed by atoms with van der Waals surface area (Å²) in [6, 6.07) is 7.83. The second kappa shape index (κ2) is 6.89. The van der Waals surface area contributed by atoms with Gasteiger partial charge in [-0.25, -0.2) is 4.99 Å². The minimum absolute atomic E-state index is 0.293. The molecule has 2 aromatic rings. The monoisotopic (exact) mass is 301 g/mol. The third-order valence-electron chi connectivity index (χ3n) is 3.24. The molecule has 0 bridgehead atoms. The van der Waals surface area contributed by atoms with Crippen LogP contribution < -0.4 is 20.1 Å². The lowest BCUT2D eigenvalue weighted by atomic mass is 10.2. The van der Waals surface area contributed by atoms with Gasteiger partial charge in [0.1, 0.15) is 0 Å². The largest absolute Gasteiger partial charge is 0.472 e. The average Bonchev–Trinajstić information content (AvgIpc) is 3.20. The Hall–Kier alpha value is -2.63. The number of hydrogen-bond donors (Lipinski definition) is 2. The predicted octanol–water partition coefficient (Wildman–Crippen LogP) is 2.26. The van der Waals surface area contributed by atoms with E-state index in [0.717, 1.165) is 35.1 Å². The standard InChI is InChI=1S/C16H19N3O3/c1-2-17-16(19-9-13-5-6-20-10-13)18-8-12-3-4-14-15(7-12)22-11-21-14/h3-7,10H,2,8-9,11H2,1H3,(H2,17,18,19). The van der Waals surface area contributed by atoms with Crippen LogP contribution in [0.2, 0.25) is 0 Å². The van der Waals surface area contributed by atoms with E-state index in [2.05, 4.69) is 15.6 Å². The number of nitrogens with one attached hydrogen (secondary N) is 2. The van der Waals surface area contributed by atoms with Crippen molar-refractivity contribution >= 4 is 5.96 Å². The van der Waals surface area contributed by atoms with Gasteiger partial charge in [0.25, 0.3) is 0 Å². The maximum absolute atomic E-state index is 5.38. The number of ether oxygens (including phenoxy) is 2. The smallest absolute Gasteiger partial charge is 0.231 e. The van der Waals surface area contributed by atoms with Gasteiger partial charge in [0.2, 0.25) is 6.79 Å². The van der Waals surface area contributed by atoms with Gasteiger partial charge >= 0.3 is 0 Å². The van der Waals surface area contributed by atoms with E-state index >= 15 is 0 Å². The molecule has 1 aromatic carbocycles. The molecule has 0 aliphatic carbocycles. The minimum atomic E-state index is 0.293. The molecule has 3 rings (SSSR count). The summed E-state index contributed by atoms with van der Waals surface area (Å²) in [5.41, 5.74) is 2.15. The first-order chi connectivity index (χ1) is 10.8. The van der Waals surface area contributed by atoms with E-state index in [1.807, 2.05) is 31.2 Å². The molecule has 2 N–H and O–H groups in total. The Bertz CT molecular complexity index is 638.